The second kappa shape index (κ2) is 5.80. The van der Waals surface area contributed by atoms with Crippen molar-refractivity contribution in [3.63, 3.8) is 0 Å². The first-order chi connectivity index (χ1) is 7.77. The third kappa shape index (κ3) is 3.06. The zero-order chi connectivity index (χ0) is 11.4. The van der Waals surface area contributed by atoms with E-state index in [9.17, 15) is 0 Å². The van der Waals surface area contributed by atoms with Crippen molar-refractivity contribution < 1.29 is 4.74 Å². The maximum absolute atomic E-state index is 6.25. The molecule has 0 saturated carbocycles. The van der Waals surface area contributed by atoms with Crippen molar-refractivity contribution in [3.8, 4) is 0 Å². The number of nitrogens with two attached hydrogens (primary N) is 1. The fourth-order valence-electron chi connectivity index (χ4n) is 2.19. The molecule has 1 aliphatic rings. The first-order valence-corrected chi connectivity index (χ1v) is 6.63. The molecule has 0 bridgehead atoms. The van der Waals surface area contributed by atoms with Gasteiger partial charge in [0, 0.05) is 17.1 Å². The smallest absolute Gasteiger partial charge is 0.0509 e. The highest BCUT2D eigenvalue weighted by atomic mass is 79.9. The average Bonchev–Trinajstić information content (AvgIpc) is 2.33. The molecule has 0 amide bonds. The normalized spacial score (nSPS) is 23.0. The van der Waals surface area contributed by atoms with Crippen LogP contribution in [0.15, 0.2) is 28.7 Å². The summed E-state index contributed by atoms with van der Waals surface area (Å²) in [6.45, 7) is 1.73. The minimum absolute atomic E-state index is 0.207. The van der Waals surface area contributed by atoms with Gasteiger partial charge in [0.15, 0.2) is 0 Å². The number of hydrogen-bond acceptors (Lipinski definition) is 2. The Morgan fingerprint density at radius 2 is 2.25 bits per heavy atom. The lowest BCUT2D eigenvalue weighted by Gasteiger charge is -2.27. The minimum atomic E-state index is 0.207. The molecule has 2 unspecified atom stereocenters. The number of halogens is 1. The highest BCUT2D eigenvalue weighted by molar-refractivity contribution is 9.10. The van der Waals surface area contributed by atoms with Crippen LogP contribution < -0.4 is 5.73 Å². The first kappa shape index (κ1) is 12.1. The van der Waals surface area contributed by atoms with Crippen molar-refractivity contribution in [1.82, 2.24) is 0 Å². The third-order valence-corrected chi connectivity index (χ3v) is 3.99. The Kier molecular flexibility index (Phi) is 4.38. The van der Waals surface area contributed by atoms with Gasteiger partial charge in [-0.05, 0) is 36.8 Å². The van der Waals surface area contributed by atoms with Crippen molar-refractivity contribution in [2.24, 2.45) is 11.7 Å². The average molecular weight is 284 g/mol. The predicted octanol–water partition coefficient (Wildman–Crippen LogP) is 2.75. The van der Waals surface area contributed by atoms with Crippen LogP contribution in [0.2, 0.25) is 0 Å². The van der Waals surface area contributed by atoms with Crippen LogP contribution in [0.1, 0.15) is 18.4 Å². The van der Waals surface area contributed by atoms with Crippen LogP contribution in [0.5, 0.6) is 0 Å². The van der Waals surface area contributed by atoms with Gasteiger partial charge in [-0.25, -0.2) is 0 Å². The van der Waals surface area contributed by atoms with E-state index in [1.54, 1.807) is 0 Å². The summed E-state index contributed by atoms with van der Waals surface area (Å²) in [5.74, 6) is 0.515. The molecule has 3 heteroatoms. The van der Waals surface area contributed by atoms with Crippen molar-refractivity contribution in [2.75, 3.05) is 13.2 Å². The summed E-state index contributed by atoms with van der Waals surface area (Å²) in [4.78, 5) is 0. The van der Waals surface area contributed by atoms with E-state index in [0.717, 1.165) is 30.5 Å². The maximum atomic E-state index is 6.25. The molecular formula is C13H18BrNO. The largest absolute Gasteiger partial charge is 0.381 e. The van der Waals surface area contributed by atoms with Gasteiger partial charge in [0.25, 0.3) is 0 Å². The second-order valence-electron chi connectivity index (χ2n) is 4.44. The predicted molar refractivity (Wildman–Crippen MR) is 69.4 cm³/mol. The van der Waals surface area contributed by atoms with E-state index in [1.165, 1.54) is 12.0 Å². The molecule has 0 radical (unpaired) electrons. The number of benzene rings is 1. The maximum Gasteiger partial charge on any atom is 0.0509 e. The van der Waals surface area contributed by atoms with E-state index < -0.39 is 0 Å². The molecule has 2 N–H and O–H groups in total. The molecule has 88 valence electrons. The summed E-state index contributed by atoms with van der Waals surface area (Å²) < 4.78 is 6.63. The lowest BCUT2D eigenvalue weighted by atomic mass is 9.90. The molecule has 0 aromatic heterocycles. The van der Waals surface area contributed by atoms with Gasteiger partial charge in [-0.15, -0.1) is 0 Å². The Labute approximate surface area is 105 Å². The quantitative estimate of drug-likeness (QED) is 0.926. The Bertz CT molecular complexity index is 336. The van der Waals surface area contributed by atoms with E-state index >= 15 is 0 Å². The minimum Gasteiger partial charge on any atom is -0.381 e. The van der Waals surface area contributed by atoms with Crippen molar-refractivity contribution in [3.05, 3.63) is 34.3 Å². The molecule has 2 rings (SSSR count). The summed E-state index contributed by atoms with van der Waals surface area (Å²) in [6.07, 6.45) is 3.27. The molecule has 16 heavy (non-hydrogen) atoms. The summed E-state index contributed by atoms with van der Waals surface area (Å²) in [7, 11) is 0. The second-order valence-corrected chi connectivity index (χ2v) is 5.29. The molecule has 0 aliphatic carbocycles. The molecule has 1 aromatic carbocycles. The fraction of sp³-hybridized carbons (Fsp3) is 0.538. The number of rotatable bonds is 3. The molecule has 2 nitrogen and oxygen atoms in total. The van der Waals surface area contributed by atoms with E-state index in [0.29, 0.717) is 5.92 Å². The van der Waals surface area contributed by atoms with Crippen LogP contribution in [-0.2, 0) is 11.2 Å². The molecule has 2 atom stereocenters. The third-order valence-electron chi connectivity index (χ3n) is 3.21. The first-order valence-electron chi connectivity index (χ1n) is 5.84. The van der Waals surface area contributed by atoms with E-state index in [1.807, 2.05) is 6.07 Å². The van der Waals surface area contributed by atoms with Gasteiger partial charge in [0.1, 0.15) is 0 Å². The van der Waals surface area contributed by atoms with Crippen LogP contribution in [0.25, 0.3) is 0 Å². The van der Waals surface area contributed by atoms with Crippen LogP contribution in [-0.4, -0.2) is 19.3 Å². The van der Waals surface area contributed by atoms with E-state index in [-0.39, 0.29) is 6.04 Å². The Morgan fingerprint density at radius 3 is 2.94 bits per heavy atom. The molecule has 1 fully saturated rings. The summed E-state index contributed by atoms with van der Waals surface area (Å²) in [6, 6.07) is 8.50. The van der Waals surface area contributed by atoms with Crippen LogP contribution >= 0.6 is 15.9 Å². The van der Waals surface area contributed by atoms with Gasteiger partial charge in [-0.3, -0.25) is 0 Å². The summed E-state index contributed by atoms with van der Waals surface area (Å²) in [5, 5.41) is 0. The Hall–Kier alpha value is -0.380. The Balaban J connectivity index is 1.96. The van der Waals surface area contributed by atoms with E-state index in [4.69, 9.17) is 10.5 Å². The highest BCUT2D eigenvalue weighted by Crippen LogP contribution is 2.22. The lowest BCUT2D eigenvalue weighted by Crippen LogP contribution is -2.37. The summed E-state index contributed by atoms with van der Waals surface area (Å²) >= 11 is 3.56. The summed E-state index contributed by atoms with van der Waals surface area (Å²) in [5.41, 5.74) is 7.54. The molecule has 0 spiro atoms. The van der Waals surface area contributed by atoms with Gasteiger partial charge in [-0.2, -0.15) is 0 Å². The van der Waals surface area contributed by atoms with Crippen LogP contribution in [0, 0.1) is 5.92 Å². The number of hydrogen-bond donors (Lipinski definition) is 1. The van der Waals surface area contributed by atoms with Crippen LogP contribution in [0.4, 0.5) is 0 Å². The van der Waals surface area contributed by atoms with Gasteiger partial charge in [0.2, 0.25) is 0 Å². The fourth-order valence-corrected chi connectivity index (χ4v) is 2.63. The van der Waals surface area contributed by atoms with Gasteiger partial charge in [0.05, 0.1) is 6.61 Å². The van der Waals surface area contributed by atoms with Crippen LogP contribution in [0.3, 0.4) is 0 Å². The highest BCUT2D eigenvalue weighted by Gasteiger charge is 2.21. The zero-order valence-electron chi connectivity index (χ0n) is 9.36. The Morgan fingerprint density at radius 1 is 1.44 bits per heavy atom. The molecule has 1 heterocycles. The molecular weight excluding hydrogens is 266 g/mol. The molecule has 1 saturated heterocycles. The van der Waals surface area contributed by atoms with Crippen molar-refractivity contribution >= 4 is 15.9 Å². The monoisotopic (exact) mass is 283 g/mol. The van der Waals surface area contributed by atoms with Crippen molar-refractivity contribution in [2.45, 2.75) is 25.3 Å². The van der Waals surface area contributed by atoms with Gasteiger partial charge < -0.3 is 10.5 Å². The van der Waals surface area contributed by atoms with E-state index in [2.05, 4.69) is 34.1 Å². The van der Waals surface area contributed by atoms with Gasteiger partial charge >= 0.3 is 0 Å². The number of ether oxygens (including phenoxy) is 1. The topological polar surface area (TPSA) is 35.2 Å². The SMILES string of the molecule is NC(Cc1ccccc1Br)C1CCCOC1. The van der Waals surface area contributed by atoms with Crippen molar-refractivity contribution in [1.29, 1.82) is 0 Å². The molecule has 1 aliphatic heterocycles. The van der Waals surface area contributed by atoms with Gasteiger partial charge in [-0.1, -0.05) is 34.1 Å². The lowest BCUT2D eigenvalue weighted by molar-refractivity contribution is 0.0450. The molecule has 1 aromatic rings. The standard InChI is InChI=1S/C13H18BrNO/c14-12-6-2-1-4-10(12)8-13(15)11-5-3-7-16-9-11/h1-2,4,6,11,13H,3,5,7-9,15H2. The zero-order valence-corrected chi connectivity index (χ0v) is 10.9.